The fourth-order valence-corrected chi connectivity index (χ4v) is 1.62. The van der Waals surface area contributed by atoms with Gasteiger partial charge in [-0.3, -0.25) is 4.79 Å². The predicted molar refractivity (Wildman–Crippen MR) is 50.8 cm³/mol. The van der Waals surface area contributed by atoms with E-state index in [0.29, 0.717) is 0 Å². The maximum absolute atomic E-state index is 11.3. The van der Waals surface area contributed by atoms with Gasteiger partial charge in [0.25, 0.3) is 5.91 Å². The van der Waals surface area contributed by atoms with Gasteiger partial charge in [0.05, 0.1) is 5.70 Å². The van der Waals surface area contributed by atoms with Gasteiger partial charge in [0.1, 0.15) is 0 Å². The molecule has 0 atom stereocenters. The number of rotatable bonds is 0. The third-order valence-electron chi connectivity index (χ3n) is 1.82. The van der Waals surface area contributed by atoms with E-state index in [1.165, 1.54) is 0 Å². The second kappa shape index (κ2) is 2.75. The summed E-state index contributed by atoms with van der Waals surface area (Å²) < 4.78 is 0. The van der Waals surface area contributed by atoms with Gasteiger partial charge in [0.15, 0.2) is 0 Å². The molecule has 0 spiro atoms. The number of amides is 1. The molecule has 1 aliphatic heterocycles. The number of hydrogen-bond donors (Lipinski definition) is 1. The van der Waals surface area contributed by atoms with Crippen molar-refractivity contribution in [2.45, 2.75) is 0 Å². The standard InChI is InChI=1S/C9H6BrNO/c10-5-8-6-3-1-2-4-7(6)9(12)11-8/h1-5H,(H,11,12)/b8-5-. The summed E-state index contributed by atoms with van der Waals surface area (Å²) >= 11 is 3.20. The van der Waals surface area contributed by atoms with Gasteiger partial charge in [0, 0.05) is 16.1 Å². The lowest BCUT2D eigenvalue weighted by molar-refractivity contribution is 0.0981. The molecule has 2 nitrogen and oxygen atoms in total. The summed E-state index contributed by atoms with van der Waals surface area (Å²) in [6.07, 6.45) is 0. The molecule has 0 aromatic heterocycles. The molecular formula is C9H6BrNO. The van der Waals surface area contributed by atoms with Crippen LogP contribution in [0.25, 0.3) is 5.70 Å². The molecule has 12 heavy (non-hydrogen) atoms. The van der Waals surface area contributed by atoms with Gasteiger partial charge >= 0.3 is 0 Å². The SMILES string of the molecule is O=C1N/C(=C\Br)c2ccccc21. The number of hydrogen-bond acceptors (Lipinski definition) is 1. The van der Waals surface area contributed by atoms with Crippen molar-refractivity contribution in [2.24, 2.45) is 0 Å². The average Bonchev–Trinajstić information content (AvgIpc) is 2.44. The van der Waals surface area contributed by atoms with Crippen LogP contribution in [-0.4, -0.2) is 5.91 Å². The monoisotopic (exact) mass is 223 g/mol. The highest BCUT2D eigenvalue weighted by Gasteiger charge is 2.21. The molecule has 1 aliphatic rings. The Kier molecular flexibility index (Phi) is 1.73. The first kappa shape index (κ1) is 7.55. The zero-order valence-electron chi connectivity index (χ0n) is 6.17. The van der Waals surface area contributed by atoms with Crippen LogP contribution in [0.5, 0.6) is 0 Å². The maximum Gasteiger partial charge on any atom is 0.256 e. The number of carbonyl (C=O) groups excluding carboxylic acids is 1. The Morgan fingerprint density at radius 1 is 1.25 bits per heavy atom. The number of halogens is 1. The van der Waals surface area contributed by atoms with E-state index in [0.717, 1.165) is 16.8 Å². The first-order chi connectivity index (χ1) is 5.83. The zero-order valence-corrected chi connectivity index (χ0v) is 7.76. The van der Waals surface area contributed by atoms with Crippen molar-refractivity contribution in [3.63, 3.8) is 0 Å². The summed E-state index contributed by atoms with van der Waals surface area (Å²) in [5, 5.41) is 2.74. The lowest BCUT2D eigenvalue weighted by Gasteiger charge is -1.94. The molecule has 0 unspecified atom stereocenters. The Morgan fingerprint density at radius 2 is 1.92 bits per heavy atom. The summed E-state index contributed by atoms with van der Waals surface area (Å²) in [6, 6.07) is 7.50. The van der Waals surface area contributed by atoms with E-state index < -0.39 is 0 Å². The summed E-state index contributed by atoms with van der Waals surface area (Å²) in [5.74, 6) is -0.0312. The Labute approximate surface area is 78.4 Å². The van der Waals surface area contributed by atoms with E-state index in [1.54, 1.807) is 4.99 Å². The molecule has 1 heterocycles. The van der Waals surface area contributed by atoms with Crippen molar-refractivity contribution in [3.8, 4) is 0 Å². The molecule has 1 N–H and O–H groups in total. The first-order valence-corrected chi connectivity index (χ1v) is 4.45. The Hall–Kier alpha value is -1.09. The van der Waals surface area contributed by atoms with Crippen LogP contribution in [-0.2, 0) is 0 Å². The van der Waals surface area contributed by atoms with Crippen LogP contribution < -0.4 is 5.32 Å². The second-order valence-corrected chi connectivity index (χ2v) is 2.98. The molecule has 0 aliphatic carbocycles. The smallest absolute Gasteiger partial charge is 0.256 e. The zero-order chi connectivity index (χ0) is 8.55. The molecule has 0 bridgehead atoms. The van der Waals surface area contributed by atoms with Gasteiger partial charge in [-0.25, -0.2) is 0 Å². The lowest BCUT2D eigenvalue weighted by atomic mass is 10.1. The van der Waals surface area contributed by atoms with Crippen LogP contribution in [0.2, 0.25) is 0 Å². The largest absolute Gasteiger partial charge is 0.321 e. The Balaban J connectivity index is 2.65. The molecule has 0 saturated heterocycles. The molecule has 1 aromatic carbocycles. The van der Waals surface area contributed by atoms with E-state index in [9.17, 15) is 4.79 Å². The second-order valence-electron chi connectivity index (χ2n) is 2.52. The molecule has 3 heteroatoms. The Bertz CT molecular complexity index is 371. The van der Waals surface area contributed by atoms with Gasteiger partial charge in [-0.2, -0.15) is 0 Å². The number of nitrogens with one attached hydrogen (secondary N) is 1. The van der Waals surface area contributed by atoms with E-state index in [2.05, 4.69) is 21.2 Å². The van der Waals surface area contributed by atoms with Crippen molar-refractivity contribution in [2.75, 3.05) is 0 Å². The molecule has 1 aromatic rings. The fourth-order valence-electron chi connectivity index (χ4n) is 1.26. The van der Waals surface area contributed by atoms with Crippen molar-refractivity contribution in [3.05, 3.63) is 40.4 Å². The molecule has 1 amide bonds. The lowest BCUT2D eigenvalue weighted by Crippen LogP contribution is -2.11. The predicted octanol–water partition coefficient (Wildman–Crippen LogP) is 2.12. The quantitative estimate of drug-likeness (QED) is 0.718. The van der Waals surface area contributed by atoms with Crippen LogP contribution in [0.3, 0.4) is 0 Å². The van der Waals surface area contributed by atoms with Crippen LogP contribution in [0.1, 0.15) is 15.9 Å². The van der Waals surface area contributed by atoms with Crippen molar-refractivity contribution in [1.29, 1.82) is 0 Å². The van der Waals surface area contributed by atoms with E-state index >= 15 is 0 Å². The molecule has 0 saturated carbocycles. The fraction of sp³-hybridized carbons (Fsp3) is 0. The number of carbonyl (C=O) groups is 1. The summed E-state index contributed by atoms with van der Waals surface area (Å²) in [4.78, 5) is 13.0. The van der Waals surface area contributed by atoms with Crippen LogP contribution >= 0.6 is 15.9 Å². The first-order valence-electron chi connectivity index (χ1n) is 3.54. The van der Waals surface area contributed by atoms with Crippen molar-refractivity contribution < 1.29 is 4.79 Å². The summed E-state index contributed by atoms with van der Waals surface area (Å²) in [5.41, 5.74) is 2.53. The molecular weight excluding hydrogens is 218 g/mol. The van der Waals surface area contributed by atoms with Gasteiger partial charge < -0.3 is 5.32 Å². The normalized spacial score (nSPS) is 17.8. The minimum absolute atomic E-state index is 0.0312. The third kappa shape index (κ3) is 0.975. The van der Waals surface area contributed by atoms with Crippen LogP contribution in [0, 0.1) is 0 Å². The van der Waals surface area contributed by atoms with E-state index in [-0.39, 0.29) is 5.91 Å². The highest BCUT2D eigenvalue weighted by Crippen LogP contribution is 2.24. The van der Waals surface area contributed by atoms with Crippen LogP contribution in [0.4, 0.5) is 0 Å². The van der Waals surface area contributed by atoms with Crippen molar-refractivity contribution in [1.82, 2.24) is 5.32 Å². The third-order valence-corrected chi connectivity index (χ3v) is 2.28. The molecule has 0 fully saturated rings. The van der Waals surface area contributed by atoms with Gasteiger partial charge in [-0.05, 0) is 6.07 Å². The van der Waals surface area contributed by atoms with Gasteiger partial charge in [-0.1, -0.05) is 34.1 Å². The highest BCUT2D eigenvalue weighted by molar-refractivity contribution is 9.11. The molecule has 0 radical (unpaired) electrons. The summed E-state index contributed by atoms with van der Waals surface area (Å²) in [6.45, 7) is 0. The van der Waals surface area contributed by atoms with Crippen molar-refractivity contribution >= 4 is 27.5 Å². The van der Waals surface area contributed by atoms with Crippen LogP contribution in [0.15, 0.2) is 29.3 Å². The number of benzene rings is 1. The Morgan fingerprint density at radius 3 is 2.58 bits per heavy atom. The minimum atomic E-state index is -0.0312. The molecule has 60 valence electrons. The van der Waals surface area contributed by atoms with E-state index in [1.807, 2.05) is 24.3 Å². The average molecular weight is 224 g/mol. The topological polar surface area (TPSA) is 29.1 Å². The van der Waals surface area contributed by atoms with Gasteiger partial charge in [0.2, 0.25) is 0 Å². The molecule has 2 rings (SSSR count). The summed E-state index contributed by atoms with van der Waals surface area (Å²) in [7, 11) is 0. The minimum Gasteiger partial charge on any atom is -0.321 e. The van der Waals surface area contributed by atoms with Gasteiger partial charge in [-0.15, -0.1) is 0 Å². The highest BCUT2D eigenvalue weighted by atomic mass is 79.9. The van der Waals surface area contributed by atoms with E-state index in [4.69, 9.17) is 0 Å². The maximum atomic E-state index is 11.3. The number of fused-ring (bicyclic) bond motifs is 1.